The Morgan fingerprint density at radius 2 is 1.82 bits per heavy atom. The summed E-state index contributed by atoms with van der Waals surface area (Å²) >= 11 is 19.1. The maximum absolute atomic E-state index is 12.8. The highest BCUT2D eigenvalue weighted by atomic mass is 79.9. The molecule has 1 aliphatic rings. The van der Waals surface area contributed by atoms with Gasteiger partial charge in [0, 0.05) is 0 Å². The number of hydrogen-bond donors (Lipinski definition) is 0. The fraction of sp³-hybridized carbons (Fsp3) is 0.409. The normalized spacial score (nSPS) is 21.8. The lowest BCUT2D eigenvalue weighted by Crippen LogP contribution is -2.23. The molecule has 2 nitrogen and oxygen atoms in total. The second-order valence-electron chi connectivity index (χ2n) is 7.83. The monoisotopic (exact) mass is 546 g/mol. The molecule has 0 N–H and O–H groups in total. The molecule has 28 heavy (non-hydrogen) atoms. The zero-order valence-corrected chi connectivity index (χ0v) is 20.6. The van der Waals surface area contributed by atoms with Crippen LogP contribution in [0, 0.1) is 24.2 Å². The smallest absolute Gasteiger partial charge is 0.310 e. The number of halogens is 4. The third-order valence-electron chi connectivity index (χ3n) is 5.69. The Morgan fingerprint density at radius 3 is 2.43 bits per heavy atom. The predicted octanol–water partition coefficient (Wildman–Crippen LogP) is 7.27. The highest BCUT2D eigenvalue weighted by molar-refractivity contribution is 9.13. The summed E-state index contributed by atoms with van der Waals surface area (Å²) in [6.45, 7) is 6.38. The van der Waals surface area contributed by atoms with Gasteiger partial charge in [-0.1, -0.05) is 102 Å². The SMILES string of the molecule is Cc1c(COC(=O)[C@@H]2C(C(Br)C(Cl)(Cl)Br)C2(C)C)cccc1-c1ccccc1. The summed E-state index contributed by atoms with van der Waals surface area (Å²) in [6.07, 6.45) is 0. The average molecular weight is 549 g/mol. The van der Waals surface area contributed by atoms with Crippen LogP contribution in [-0.2, 0) is 16.1 Å². The molecule has 2 unspecified atom stereocenters. The standard InChI is InChI=1S/C22H22Br2Cl2O2/c1-13-15(10-7-11-16(13)14-8-5-4-6-9-14)12-28-20(27)18-17(21(18,2)3)19(23)22(24,25)26/h4-11,17-19H,12H2,1-3H3/t17?,18-,19?/m0/s1. The number of esters is 1. The molecule has 0 radical (unpaired) electrons. The van der Waals surface area contributed by atoms with Gasteiger partial charge in [0.15, 0.2) is 3.24 Å². The van der Waals surface area contributed by atoms with E-state index in [1.54, 1.807) is 0 Å². The fourth-order valence-corrected chi connectivity index (χ4v) is 5.43. The van der Waals surface area contributed by atoms with Gasteiger partial charge in [-0.05, 0) is 56.4 Å². The topological polar surface area (TPSA) is 26.3 Å². The Labute approximate surface area is 193 Å². The van der Waals surface area contributed by atoms with Gasteiger partial charge >= 0.3 is 5.97 Å². The Balaban J connectivity index is 1.71. The van der Waals surface area contributed by atoms with Crippen LogP contribution in [0.3, 0.4) is 0 Å². The van der Waals surface area contributed by atoms with Crippen molar-refractivity contribution in [2.45, 2.75) is 35.4 Å². The maximum atomic E-state index is 12.8. The van der Waals surface area contributed by atoms with E-state index in [-0.39, 0.29) is 34.7 Å². The summed E-state index contributed by atoms with van der Waals surface area (Å²) in [5.41, 5.74) is 4.19. The van der Waals surface area contributed by atoms with Gasteiger partial charge in [-0.2, -0.15) is 0 Å². The van der Waals surface area contributed by atoms with Crippen molar-refractivity contribution in [1.82, 2.24) is 0 Å². The van der Waals surface area contributed by atoms with Crippen LogP contribution >= 0.6 is 55.1 Å². The van der Waals surface area contributed by atoms with E-state index in [9.17, 15) is 4.79 Å². The van der Waals surface area contributed by atoms with E-state index in [1.807, 2.05) is 44.2 Å². The largest absolute Gasteiger partial charge is 0.461 e. The van der Waals surface area contributed by atoms with E-state index in [1.165, 1.54) is 0 Å². The van der Waals surface area contributed by atoms with E-state index in [4.69, 9.17) is 27.9 Å². The van der Waals surface area contributed by atoms with Crippen molar-refractivity contribution in [3.63, 3.8) is 0 Å². The van der Waals surface area contributed by atoms with E-state index >= 15 is 0 Å². The van der Waals surface area contributed by atoms with Crippen molar-refractivity contribution in [2.75, 3.05) is 0 Å². The van der Waals surface area contributed by atoms with Crippen molar-refractivity contribution in [3.05, 3.63) is 59.7 Å². The summed E-state index contributed by atoms with van der Waals surface area (Å²) in [5.74, 6) is -0.468. The quantitative estimate of drug-likeness (QED) is 0.280. The van der Waals surface area contributed by atoms with Gasteiger partial charge < -0.3 is 4.74 Å². The minimum Gasteiger partial charge on any atom is -0.461 e. The Morgan fingerprint density at radius 1 is 1.18 bits per heavy atom. The molecule has 1 fully saturated rings. The molecule has 1 saturated carbocycles. The van der Waals surface area contributed by atoms with Gasteiger partial charge in [0.1, 0.15) is 6.61 Å². The van der Waals surface area contributed by atoms with Gasteiger partial charge in [-0.3, -0.25) is 4.79 Å². The van der Waals surface area contributed by atoms with E-state index in [0.29, 0.717) is 0 Å². The summed E-state index contributed by atoms with van der Waals surface area (Å²) in [4.78, 5) is 12.5. The fourth-order valence-electron chi connectivity index (χ4n) is 3.89. The van der Waals surface area contributed by atoms with Crippen LogP contribution in [0.2, 0.25) is 0 Å². The molecular weight excluding hydrogens is 527 g/mol. The lowest BCUT2D eigenvalue weighted by Gasteiger charge is -2.20. The van der Waals surface area contributed by atoms with Gasteiger partial charge in [0.25, 0.3) is 0 Å². The zero-order valence-electron chi connectivity index (χ0n) is 15.9. The molecule has 2 aromatic carbocycles. The van der Waals surface area contributed by atoms with Gasteiger partial charge in [0.2, 0.25) is 0 Å². The van der Waals surface area contributed by atoms with Crippen molar-refractivity contribution < 1.29 is 9.53 Å². The first-order valence-corrected chi connectivity index (χ1v) is 11.5. The molecule has 0 bridgehead atoms. The third-order valence-corrected chi connectivity index (χ3v) is 9.05. The lowest BCUT2D eigenvalue weighted by molar-refractivity contribution is -0.147. The van der Waals surface area contributed by atoms with Crippen molar-refractivity contribution >= 4 is 61.0 Å². The number of rotatable bonds is 6. The Kier molecular flexibility index (Phi) is 6.56. The Hall–Kier alpha value is -0.550. The molecule has 0 saturated heterocycles. The van der Waals surface area contributed by atoms with Crippen LogP contribution in [0.25, 0.3) is 11.1 Å². The van der Waals surface area contributed by atoms with Crippen LogP contribution in [0.4, 0.5) is 0 Å². The minimum atomic E-state index is -1.13. The Bertz CT molecular complexity index is 863. The number of alkyl halides is 4. The molecular formula is C22H22Br2Cl2O2. The molecule has 0 amide bonds. The molecule has 0 spiro atoms. The molecule has 0 aliphatic heterocycles. The predicted molar refractivity (Wildman–Crippen MR) is 123 cm³/mol. The van der Waals surface area contributed by atoms with Crippen molar-refractivity contribution in [3.8, 4) is 11.1 Å². The molecule has 3 rings (SSSR count). The first-order valence-electron chi connectivity index (χ1n) is 9.06. The number of carbonyl (C=O) groups is 1. The molecule has 2 aromatic rings. The summed E-state index contributed by atoms with van der Waals surface area (Å²) in [5, 5.41) is 0. The highest BCUT2D eigenvalue weighted by Gasteiger charge is 2.67. The van der Waals surface area contributed by atoms with Gasteiger partial charge in [-0.15, -0.1) is 0 Å². The average Bonchev–Trinajstić information content (AvgIpc) is 3.21. The second kappa shape index (κ2) is 8.29. The van der Waals surface area contributed by atoms with Crippen LogP contribution in [-0.4, -0.2) is 14.0 Å². The third kappa shape index (κ3) is 4.45. The molecule has 0 heterocycles. The first kappa shape index (κ1) is 22.1. The van der Waals surface area contributed by atoms with Crippen molar-refractivity contribution in [1.29, 1.82) is 0 Å². The highest BCUT2D eigenvalue weighted by Crippen LogP contribution is 2.65. The molecule has 6 heteroatoms. The van der Waals surface area contributed by atoms with Gasteiger partial charge in [0.05, 0.1) is 10.7 Å². The summed E-state index contributed by atoms with van der Waals surface area (Å²) in [6, 6.07) is 16.3. The second-order valence-corrected chi connectivity index (χ2v) is 12.4. The summed E-state index contributed by atoms with van der Waals surface area (Å²) in [7, 11) is 0. The summed E-state index contributed by atoms with van der Waals surface area (Å²) < 4.78 is 4.56. The van der Waals surface area contributed by atoms with Gasteiger partial charge in [-0.25, -0.2) is 0 Å². The number of carbonyl (C=O) groups excluding carboxylic acids is 1. The number of hydrogen-bond acceptors (Lipinski definition) is 2. The number of ether oxygens (including phenoxy) is 1. The zero-order chi connectivity index (χ0) is 20.7. The molecule has 150 valence electrons. The van der Waals surface area contributed by atoms with E-state index in [0.717, 1.165) is 22.3 Å². The van der Waals surface area contributed by atoms with E-state index in [2.05, 4.69) is 57.0 Å². The number of benzene rings is 2. The van der Waals surface area contributed by atoms with Crippen LogP contribution in [0.5, 0.6) is 0 Å². The lowest BCUT2D eigenvalue weighted by atomic mass is 9.97. The molecule has 0 aromatic heterocycles. The first-order chi connectivity index (χ1) is 13.0. The van der Waals surface area contributed by atoms with Crippen molar-refractivity contribution in [2.24, 2.45) is 17.3 Å². The van der Waals surface area contributed by atoms with Crippen LogP contribution < -0.4 is 0 Å². The van der Waals surface area contributed by atoms with Crippen LogP contribution in [0.1, 0.15) is 25.0 Å². The van der Waals surface area contributed by atoms with E-state index < -0.39 is 3.24 Å². The minimum absolute atomic E-state index is 0.00822. The maximum Gasteiger partial charge on any atom is 0.310 e. The molecule has 1 aliphatic carbocycles. The van der Waals surface area contributed by atoms with Crippen LogP contribution in [0.15, 0.2) is 48.5 Å². The molecule has 3 atom stereocenters.